The molecule has 1 N–H and O–H groups in total. The smallest absolute Gasteiger partial charge is 0.272 e. The number of benzene rings is 1. The molecule has 0 bridgehead atoms. The van der Waals surface area contributed by atoms with Crippen molar-refractivity contribution in [2.75, 3.05) is 32.7 Å². The molecular weight excluding hydrogens is 414 g/mol. The van der Waals surface area contributed by atoms with Gasteiger partial charge in [-0.3, -0.25) is 14.3 Å². The average Bonchev–Trinajstić information content (AvgIpc) is 2.93. The van der Waals surface area contributed by atoms with Crippen molar-refractivity contribution in [1.29, 1.82) is 0 Å². The van der Waals surface area contributed by atoms with E-state index in [-0.39, 0.29) is 11.8 Å². The fourth-order valence-electron chi connectivity index (χ4n) is 4.28. The summed E-state index contributed by atoms with van der Waals surface area (Å²) in [5, 5.41) is 8.07. The fraction of sp³-hybridized carbons (Fsp3) is 0.522. The minimum absolute atomic E-state index is 0.0939. The van der Waals surface area contributed by atoms with Crippen LogP contribution in [0.15, 0.2) is 30.3 Å². The summed E-state index contributed by atoms with van der Waals surface area (Å²) >= 11 is 5.96. The molecule has 8 heteroatoms. The summed E-state index contributed by atoms with van der Waals surface area (Å²) in [6, 6.07) is 9.15. The Bertz CT molecular complexity index is 903. The Morgan fingerprint density at radius 1 is 1.00 bits per heavy atom. The van der Waals surface area contributed by atoms with Gasteiger partial charge in [-0.15, -0.1) is 0 Å². The largest absolute Gasteiger partial charge is 0.349 e. The van der Waals surface area contributed by atoms with Gasteiger partial charge in [-0.1, -0.05) is 36.6 Å². The van der Waals surface area contributed by atoms with Gasteiger partial charge in [-0.05, 0) is 50.0 Å². The molecule has 0 radical (unpaired) electrons. The lowest BCUT2D eigenvalue weighted by Gasteiger charge is -2.20. The van der Waals surface area contributed by atoms with E-state index in [1.54, 1.807) is 10.7 Å². The van der Waals surface area contributed by atoms with Crippen molar-refractivity contribution in [2.24, 2.45) is 0 Å². The third-order valence-electron chi connectivity index (χ3n) is 6.02. The SMILES string of the molecule is O=C(NCCN1CCCCCC1)c1cc2n(n1)CCCN(Cc1ccc(Cl)cc1)C2=O. The van der Waals surface area contributed by atoms with Crippen molar-refractivity contribution < 1.29 is 9.59 Å². The molecule has 0 spiro atoms. The first-order valence-electron chi connectivity index (χ1n) is 11.2. The second kappa shape index (κ2) is 10.3. The highest BCUT2D eigenvalue weighted by molar-refractivity contribution is 6.30. The Morgan fingerprint density at radius 3 is 2.48 bits per heavy atom. The Morgan fingerprint density at radius 2 is 1.74 bits per heavy atom. The molecule has 1 aromatic carbocycles. The minimum atomic E-state index is -0.215. The van der Waals surface area contributed by atoms with Crippen LogP contribution >= 0.6 is 11.6 Å². The highest BCUT2D eigenvalue weighted by atomic mass is 35.5. The lowest BCUT2D eigenvalue weighted by Crippen LogP contribution is -2.35. The van der Waals surface area contributed by atoms with E-state index in [0.717, 1.165) is 31.6 Å². The van der Waals surface area contributed by atoms with Crippen LogP contribution in [0.1, 0.15) is 58.6 Å². The number of halogens is 1. The minimum Gasteiger partial charge on any atom is -0.349 e. The third-order valence-corrected chi connectivity index (χ3v) is 6.27. The molecule has 2 aromatic rings. The molecule has 2 aliphatic rings. The molecule has 1 aromatic heterocycles. The van der Waals surface area contributed by atoms with Crippen LogP contribution in [0, 0.1) is 0 Å². The van der Waals surface area contributed by atoms with E-state index in [2.05, 4.69) is 15.3 Å². The van der Waals surface area contributed by atoms with Crippen LogP contribution in [0.2, 0.25) is 5.02 Å². The van der Waals surface area contributed by atoms with E-state index in [1.807, 2.05) is 29.2 Å². The zero-order chi connectivity index (χ0) is 21.6. The number of hydrogen-bond donors (Lipinski definition) is 1. The molecule has 2 aliphatic heterocycles. The van der Waals surface area contributed by atoms with Crippen LogP contribution in [0.5, 0.6) is 0 Å². The van der Waals surface area contributed by atoms with Gasteiger partial charge in [0.1, 0.15) is 5.69 Å². The predicted octanol–water partition coefficient (Wildman–Crippen LogP) is 3.19. The highest BCUT2D eigenvalue weighted by Gasteiger charge is 2.26. The van der Waals surface area contributed by atoms with E-state index in [9.17, 15) is 9.59 Å². The summed E-state index contributed by atoms with van der Waals surface area (Å²) in [7, 11) is 0. The normalized spacial score (nSPS) is 17.7. The maximum Gasteiger partial charge on any atom is 0.272 e. The van der Waals surface area contributed by atoms with Gasteiger partial charge in [0.25, 0.3) is 11.8 Å². The second-order valence-corrected chi connectivity index (χ2v) is 8.79. The lowest BCUT2D eigenvalue weighted by atomic mass is 10.2. The maximum absolute atomic E-state index is 13.1. The molecule has 1 fully saturated rings. The topological polar surface area (TPSA) is 70.5 Å². The summed E-state index contributed by atoms with van der Waals surface area (Å²) < 4.78 is 1.67. The number of aryl methyl sites for hydroxylation is 1. The summed E-state index contributed by atoms with van der Waals surface area (Å²) in [5.41, 5.74) is 1.81. The molecule has 0 aliphatic carbocycles. The van der Waals surface area contributed by atoms with Crippen molar-refractivity contribution >= 4 is 23.4 Å². The Hall–Kier alpha value is -2.38. The number of carbonyl (C=O) groups is 2. The molecule has 3 heterocycles. The summed E-state index contributed by atoms with van der Waals surface area (Å²) in [4.78, 5) is 29.9. The molecule has 31 heavy (non-hydrogen) atoms. The molecule has 0 unspecified atom stereocenters. The average molecular weight is 444 g/mol. The van der Waals surface area contributed by atoms with Crippen molar-refractivity contribution in [3.05, 3.63) is 52.3 Å². The van der Waals surface area contributed by atoms with Crippen LogP contribution in [-0.4, -0.2) is 64.1 Å². The first kappa shape index (κ1) is 21.8. The quantitative estimate of drug-likeness (QED) is 0.744. The number of carbonyl (C=O) groups excluding carboxylic acids is 2. The van der Waals surface area contributed by atoms with Crippen LogP contribution < -0.4 is 5.32 Å². The number of amides is 2. The summed E-state index contributed by atoms with van der Waals surface area (Å²) in [6.07, 6.45) is 5.86. The number of fused-ring (bicyclic) bond motifs is 1. The van der Waals surface area contributed by atoms with Crippen molar-refractivity contribution in [3.63, 3.8) is 0 Å². The lowest BCUT2D eigenvalue weighted by molar-refractivity contribution is 0.0745. The van der Waals surface area contributed by atoms with Gasteiger partial charge in [0.15, 0.2) is 5.69 Å². The molecule has 4 rings (SSSR count). The van der Waals surface area contributed by atoms with E-state index in [0.29, 0.717) is 42.6 Å². The molecular formula is C23H30ClN5O2. The molecule has 2 amide bonds. The Kier molecular flexibility index (Phi) is 7.25. The van der Waals surface area contributed by atoms with Gasteiger partial charge in [-0.25, -0.2) is 0 Å². The number of rotatable bonds is 6. The number of nitrogens with zero attached hydrogens (tertiary/aromatic N) is 4. The van der Waals surface area contributed by atoms with E-state index < -0.39 is 0 Å². The summed E-state index contributed by atoms with van der Waals surface area (Å²) in [6.45, 7) is 5.45. The van der Waals surface area contributed by atoms with Crippen molar-refractivity contribution in [3.8, 4) is 0 Å². The standard InChI is InChI=1S/C23H30ClN5O2/c24-19-8-6-18(7-9-19)17-28-13-5-14-29-21(23(28)31)16-20(26-29)22(30)25-10-15-27-11-3-1-2-4-12-27/h6-9,16H,1-5,10-15,17H2,(H,25,30). The van der Waals surface area contributed by atoms with Crippen LogP contribution in [-0.2, 0) is 13.1 Å². The van der Waals surface area contributed by atoms with E-state index in [1.165, 1.54) is 25.7 Å². The molecule has 0 saturated carbocycles. The van der Waals surface area contributed by atoms with Crippen LogP contribution in [0.4, 0.5) is 0 Å². The first-order valence-corrected chi connectivity index (χ1v) is 11.6. The van der Waals surface area contributed by atoms with Crippen molar-refractivity contribution in [1.82, 2.24) is 24.9 Å². The molecule has 7 nitrogen and oxygen atoms in total. The zero-order valence-electron chi connectivity index (χ0n) is 17.9. The van der Waals surface area contributed by atoms with E-state index >= 15 is 0 Å². The monoisotopic (exact) mass is 443 g/mol. The molecule has 166 valence electrons. The maximum atomic E-state index is 13.1. The number of aromatic nitrogens is 2. The van der Waals surface area contributed by atoms with Gasteiger partial charge >= 0.3 is 0 Å². The number of nitrogens with one attached hydrogen (secondary N) is 1. The fourth-order valence-corrected chi connectivity index (χ4v) is 4.41. The first-order chi connectivity index (χ1) is 15.1. The van der Waals surface area contributed by atoms with Gasteiger partial charge in [0.2, 0.25) is 0 Å². The predicted molar refractivity (Wildman–Crippen MR) is 120 cm³/mol. The van der Waals surface area contributed by atoms with Crippen LogP contribution in [0.3, 0.4) is 0 Å². The van der Waals surface area contributed by atoms with Gasteiger partial charge in [-0.2, -0.15) is 5.10 Å². The number of hydrogen-bond acceptors (Lipinski definition) is 4. The molecule has 1 saturated heterocycles. The zero-order valence-corrected chi connectivity index (χ0v) is 18.6. The molecule has 0 atom stereocenters. The second-order valence-electron chi connectivity index (χ2n) is 8.36. The van der Waals surface area contributed by atoms with Crippen molar-refractivity contribution in [2.45, 2.75) is 45.2 Å². The van der Waals surface area contributed by atoms with Gasteiger partial charge in [0.05, 0.1) is 0 Å². The van der Waals surface area contributed by atoms with Crippen LogP contribution in [0.25, 0.3) is 0 Å². The van der Waals surface area contributed by atoms with E-state index in [4.69, 9.17) is 11.6 Å². The highest BCUT2D eigenvalue weighted by Crippen LogP contribution is 2.18. The third kappa shape index (κ3) is 5.66. The Balaban J connectivity index is 1.36. The Labute approximate surface area is 188 Å². The van der Waals surface area contributed by atoms with Gasteiger partial charge < -0.3 is 15.1 Å². The van der Waals surface area contributed by atoms with Gasteiger partial charge in [0, 0.05) is 43.8 Å². The summed E-state index contributed by atoms with van der Waals surface area (Å²) in [5.74, 6) is -0.309. The number of likely N-dealkylation sites (tertiary alicyclic amines) is 1.